The van der Waals surface area contributed by atoms with E-state index in [1.54, 1.807) is 0 Å². The van der Waals surface area contributed by atoms with Gasteiger partial charge in [0.1, 0.15) is 11.6 Å². The average molecular weight is 388 g/mol. The Morgan fingerprint density at radius 3 is 2.67 bits per heavy atom. The van der Waals surface area contributed by atoms with Crippen LogP contribution in [-0.4, -0.2) is 22.8 Å². The van der Waals surface area contributed by atoms with E-state index in [2.05, 4.69) is 43.5 Å². The number of halogens is 2. The Balaban J connectivity index is 2.25. The van der Waals surface area contributed by atoms with Gasteiger partial charge in [0, 0.05) is 17.1 Å². The fourth-order valence-electron chi connectivity index (χ4n) is 1.65. The van der Waals surface area contributed by atoms with Crippen LogP contribution < -0.4 is 10.6 Å². The third kappa shape index (κ3) is 4.76. The Morgan fingerprint density at radius 2 is 2.00 bits per heavy atom. The summed E-state index contributed by atoms with van der Waals surface area (Å²) in [6.07, 6.45) is 3.00. The van der Waals surface area contributed by atoms with Gasteiger partial charge in [-0.05, 0) is 30.9 Å². The van der Waals surface area contributed by atoms with Crippen LogP contribution >= 0.6 is 39.3 Å². The molecule has 0 spiro atoms. The molecule has 0 fully saturated rings. The molecule has 0 unspecified atom stereocenters. The molecule has 2 rings (SSSR count). The smallest absolute Gasteiger partial charge is 0.191 e. The third-order valence-corrected chi connectivity index (χ3v) is 3.99. The van der Waals surface area contributed by atoms with Gasteiger partial charge in [-0.2, -0.15) is 0 Å². The Kier molecular flexibility index (Phi) is 6.14. The topological polar surface area (TPSA) is 49.8 Å². The molecule has 7 heteroatoms. The first-order valence-electron chi connectivity index (χ1n) is 6.51. The number of anilines is 3. The van der Waals surface area contributed by atoms with Crippen molar-refractivity contribution in [2.45, 2.75) is 18.5 Å². The minimum Gasteiger partial charge on any atom is -0.370 e. The highest BCUT2D eigenvalue weighted by molar-refractivity contribution is 9.10. The first-order chi connectivity index (χ1) is 10.1. The Bertz CT molecular complexity index is 624. The second-order valence-electron chi connectivity index (χ2n) is 4.30. The van der Waals surface area contributed by atoms with Gasteiger partial charge in [-0.25, -0.2) is 9.97 Å². The molecule has 0 atom stereocenters. The largest absolute Gasteiger partial charge is 0.370 e. The Labute approximate surface area is 142 Å². The second kappa shape index (κ2) is 7.87. The maximum absolute atomic E-state index is 6.22. The summed E-state index contributed by atoms with van der Waals surface area (Å²) in [5, 5.41) is 7.86. The van der Waals surface area contributed by atoms with Gasteiger partial charge in [0.15, 0.2) is 5.16 Å². The molecule has 0 saturated carbocycles. The van der Waals surface area contributed by atoms with Crippen molar-refractivity contribution in [1.29, 1.82) is 0 Å². The summed E-state index contributed by atoms with van der Waals surface area (Å²) >= 11 is 11.1. The van der Waals surface area contributed by atoms with Gasteiger partial charge in [-0.3, -0.25) is 0 Å². The zero-order valence-corrected chi connectivity index (χ0v) is 14.9. The summed E-state index contributed by atoms with van der Waals surface area (Å²) in [5.41, 5.74) is 0.812. The number of aromatic nitrogens is 2. The fraction of sp³-hybridized carbons (Fsp3) is 0.286. The van der Waals surface area contributed by atoms with Gasteiger partial charge >= 0.3 is 0 Å². The molecule has 1 aromatic carbocycles. The van der Waals surface area contributed by atoms with Crippen molar-refractivity contribution in [3.8, 4) is 0 Å². The van der Waals surface area contributed by atoms with Gasteiger partial charge in [-0.15, -0.1) is 0 Å². The predicted octanol–water partition coefficient (Wildman–Crippen LogP) is 5.18. The molecule has 4 nitrogen and oxygen atoms in total. The van der Waals surface area contributed by atoms with Crippen LogP contribution in [-0.2, 0) is 0 Å². The molecule has 0 amide bonds. The number of nitrogens with one attached hydrogen (secondary N) is 2. The molecule has 0 saturated heterocycles. The number of hydrogen-bond donors (Lipinski definition) is 2. The van der Waals surface area contributed by atoms with Gasteiger partial charge in [0.2, 0.25) is 0 Å². The molecule has 0 radical (unpaired) electrons. The van der Waals surface area contributed by atoms with Crippen molar-refractivity contribution < 1.29 is 0 Å². The third-order valence-electron chi connectivity index (χ3n) is 2.64. The van der Waals surface area contributed by atoms with E-state index in [4.69, 9.17) is 11.6 Å². The molecule has 0 aliphatic carbocycles. The van der Waals surface area contributed by atoms with E-state index in [0.717, 1.165) is 34.8 Å². The van der Waals surface area contributed by atoms with Crippen LogP contribution in [0.25, 0.3) is 0 Å². The van der Waals surface area contributed by atoms with Crippen molar-refractivity contribution in [3.05, 3.63) is 33.8 Å². The summed E-state index contributed by atoms with van der Waals surface area (Å²) in [6.45, 7) is 2.99. The Hall–Kier alpha value is -0.980. The minimum absolute atomic E-state index is 0.636. The summed E-state index contributed by atoms with van der Waals surface area (Å²) in [5.74, 6) is 1.53. The van der Waals surface area contributed by atoms with Crippen LogP contribution in [0.1, 0.15) is 13.3 Å². The predicted molar refractivity (Wildman–Crippen MR) is 95.0 cm³/mol. The monoisotopic (exact) mass is 386 g/mol. The van der Waals surface area contributed by atoms with Crippen LogP contribution in [0.3, 0.4) is 0 Å². The van der Waals surface area contributed by atoms with Crippen molar-refractivity contribution in [2.24, 2.45) is 0 Å². The lowest BCUT2D eigenvalue weighted by Crippen LogP contribution is -2.05. The SMILES string of the molecule is CCCNc1cc(Nc2ccc(Br)cc2Cl)nc(SC)n1. The van der Waals surface area contributed by atoms with Crippen LogP contribution in [0.5, 0.6) is 0 Å². The van der Waals surface area contributed by atoms with E-state index >= 15 is 0 Å². The summed E-state index contributed by atoms with van der Waals surface area (Å²) < 4.78 is 0.941. The molecular weight excluding hydrogens is 372 g/mol. The zero-order valence-electron chi connectivity index (χ0n) is 11.8. The highest BCUT2D eigenvalue weighted by atomic mass is 79.9. The first-order valence-corrected chi connectivity index (χ1v) is 8.91. The molecule has 112 valence electrons. The van der Waals surface area contributed by atoms with Gasteiger partial charge in [-0.1, -0.05) is 46.2 Å². The van der Waals surface area contributed by atoms with E-state index < -0.39 is 0 Å². The van der Waals surface area contributed by atoms with E-state index in [9.17, 15) is 0 Å². The lowest BCUT2D eigenvalue weighted by atomic mass is 10.3. The quantitative estimate of drug-likeness (QED) is 0.528. The highest BCUT2D eigenvalue weighted by Crippen LogP contribution is 2.29. The summed E-state index contributed by atoms with van der Waals surface area (Å²) in [6, 6.07) is 7.57. The van der Waals surface area contributed by atoms with Crippen LogP contribution in [0.2, 0.25) is 5.02 Å². The normalized spacial score (nSPS) is 10.5. The number of rotatable bonds is 6. The van der Waals surface area contributed by atoms with E-state index in [0.29, 0.717) is 10.2 Å². The molecule has 0 aliphatic heterocycles. The Morgan fingerprint density at radius 1 is 1.24 bits per heavy atom. The molecular formula is C14H16BrClN4S. The lowest BCUT2D eigenvalue weighted by molar-refractivity contribution is 0.929. The van der Waals surface area contributed by atoms with Gasteiger partial charge in [0.25, 0.3) is 0 Å². The molecule has 2 N–H and O–H groups in total. The zero-order chi connectivity index (χ0) is 15.2. The van der Waals surface area contributed by atoms with E-state index in [1.165, 1.54) is 11.8 Å². The fourth-order valence-corrected chi connectivity index (χ4v) is 2.75. The highest BCUT2D eigenvalue weighted by Gasteiger charge is 2.06. The molecule has 1 aromatic heterocycles. The van der Waals surface area contributed by atoms with Crippen molar-refractivity contribution in [2.75, 3.05) is 23.4 Å². The van der Waals surface area contributed by atoms with E-state index in [1.807, 2.05) is 30.5 Å². The molecule has 21 heavy (non-hydrogen) atoms. The first kappa shape index (κ1) is 16.4. The summed E-state index contributed by atoms with van der Waals surface area (Å²) in [7, 11) is 0. The van der Waals surface area contributed by atoms with Gasteiger partial charge < -0.3 is 10.6 Å². The molecule has 0 aliphatic rings. The van der Waals surface area contributed by atoms with E-state index in [-0.39, 0.29) is 0 Å². The average Bonchev–Trinajstić information content (AvgIpc) is 2.48. The molecule has 1 heterocycles. The van der Waals surface area contributed by atoms with Crippen molar-refractivity contribution in [3.63, 3.8) is 0 Å². The minimum atomic E-state index is 0.636. The maximum atomic E-state index is 6.22. The number of hydrogen-bond acceptors (Lipinski definition) is 5. The summed E-state index contributed by atoms with van der Waals surface area (Å²) in [4.78, 5) is 8.88. The molecule has 2 aromatic rings. The van der Waals surface area contributed by atoms with Crippen LogP contribution in [0, 0.1) is 0 Å². The van der Waals surface area contributed by atoms with Crippen LogP contribution in [0.4, 0.5) is 17.3 Å². The number of benzene rings is 1. The van der Waals surface area contributed by atoms with Crippen LogP contribution in [0.15, 0.2) is 33.9 Å². The van der Waals surface area contributed by atoms with Crippen molar-refractivity contribution in [1.82, 2.24) is 9.97 Å². The maximum Gasteiger partial charge on any atom is 0.191 e. The second-order valence-corrected chi connectivity index (χ2v) is 6.40. The molecule has 0 bridgehead atoms. The van der Waals surface area contributed by atoms with Gasteiger partial charge in [0.05, 0.1) is 10.7 Å². The standard InChI is InChI=1S/C14H16BrClN4S/c1-3-6-17-12-8-13(20-14(19-12)21-2)18-11-5-4-9(15)7-10(11)16/h4-5,7-8H,3,6H2,1-2H3,(H2,17,18,19,20). The number of thioether (sulfide) groups is 1. The van der Waals surface area contributed by atoms with Crippen molar-refractivity contribution >= 4 is 56.6 Å². The number of nitrogens with zero attached hydrogens (tertiary/aromatic N) is 2. The lowest BCUT2D eigenvalue weighted by Gasteiger charge is -2.11.